The zero-order valence-corrected chi connectivity index (χ0v) is 8.07. The van der Waals surface area contributed by atoms with Crippen LogP contribution in [0.1, 0.15) is 12.8 Å². The molecule has 2 aliphatic rings. The minimum atomic E-state index is 0.728. The lowest BCUT2D eigenvalue weighted by Crippen LogP contribution is -2.35. The van der Waals surface area contributed by atoms with Gasteiger partial charge in [-0.3, -0.25) is 0 Å². The smallest absolute Gasteiger partial charge is 0.0248 e. The summed E-state index contributed by atoms with van der Waals surface area (Å²) in [4.78, 5) is 0. The van der Waals surface area contributed by atoms with Crippen molar-refractivity contribution in [1.82, 2.24) is 10.6 Å². The van der Waals surface area contributed by atoms with Gasteiger partial charge in [0.05, 0.1) is 0 Å². The molecule has 3 heteroatoms. The van der Waals surface area contributed by atoms with Gasteiger partial charge >= 0.3 is 0 Å². The van der Waals surface area contributed by atoms with Crippen LogP contribution in [0.4, 0.5) is 0 Å². The van der Waals surface area contributed by atoms with E-state index >= 15 is 0 Å². The maximum atomic E-state index is 3.60. The molecule has 1 saturated heterocycles. The van der Waals surface area contributed by atoms with Gasteiger partial charge in [0.25, 0.3) is 0 Å². The Morgan fingerprint density at radius 1 is 1.58 bits per heavy atom. The normalized spacial score (nSPS) is 34.7. The molecule has 2 rings (SSSR count). The van der Waals surface area contributed by atoms with Crippen LogP contribution in [0.3, 0.4) is 0 Å². The molecule has 2 nitrogen and oxygen atoms in total. The predicted molar refractivity (Wildman–Crippen MR) is 54.4 cm³/mol. The number of nitrogens with one attached hydrogen (secondary N) is 2. The fraction of sp³-hybridized carbons (Fsp3) is 0.778. The molecule has 0 amide bonds. The Kier molecular flexibility index (Phi) is 3.08. The summed E-state index contributed by atoms with van der Waals surface area (Å²) in [6.07, 6.45) is 4.81. The maximum absolute atomic E-state index is 3.60. The lowest BCUT2D eigenvalue weighted by atomic mass is 10.2. The Hall–Kier alpha value is 0.01000. The highest BCUT2D eigenvalue weighted by atomic mass is 32.2. The van der Waals surface area contributed by atoms with Crippen molar-refractivity contribution in [3.8, 4) is 0 Å². The molecule has 2 aliphatic heterocycles. The Bertz CT molecular complexity index is 154. The van der Waals surface area contributed by atoms with Crippen LogP contribution in [0.15, 0.2) is 11.5 Å². The molecule has 12 heavy (non-hydrogen) atoms. The summed E-state index contributed by atoms with van der Waals surface area (Å²) in [5, 5.41) is 9.98. The third-order valence-corrected chi connectivity index (χ3v) is 3.55. The highest BCUT2D eigenvalue weighted by Gasteiger charge is 2.16. The predicted octanol–water partition coefficient (Wildman–Crippen LogP) is 0.957. The number of rotatable bonds is 3. The fourth-order valence-corrected chi connectivity index (χ4v) is 2.55. The molecule has 68 valence electrons. The summed E-state index contributed by atoms with van der Waals surface area (Å²) in [6.45, 7) is 3.52. The van der Waals surface area contributed by atoms with E-state index in [1.807, 2.05) is 11.8 Å². The van der Waals surface area contributed by atoms with E-state index in [4.69, 9.17) is 0 Å². The largest absolute Gasteiger partial charge is 0.315 e. The lowest BCUT2D eigenvalue weighted by molar-refractivity contribution is 0.544. The van der Waals surface area contributed by atoms with E-state index in [1.54, 1.807) is 0 Å². The number of hydrogen-bond donors (Lipinski definition) is 2. The second kappa shape index (κ2) is 4.30. The monoisotopic (exact) mass is 184 g/mol. The van der Waals surface area contributed by atoms with E-state index in [2.05, 4.69) is 22.1 Å². The van der Waals surface area contributed by atoms with Crippen molar-refractivity contribution in [3.05, 3.63) is 11.5 Å². The first-order valence-corrected chi connectivity index (χ1v) is 5.64. The van der Waals surface area contributed by atoms with Crippen molar-refractivity contribution in [3.63, 3.8) is 0 Å². The molecule has 2 heterocycles. The van der Waals surface area contributed by atoms with Gasteiger partial charge in [-0.05, 0) is 24.8 Å². The molecular weight excluding hydrogens is 168 g/mol. The molecule has 0 radical (unpaired) electrons. The Balaban J connectivity index is 1.61. The fourth-order valence-electron chi connectivity index (χ4n) is 1.69. The van der Waals surface area contributed by atoms with Crippen LogP contribution >= 0.6 is 11.8 Å². The van der Waals surface area contributed by atoms with Crippen molar-refractivity contribution in [1.29, 1.82) is 0 Å². The molecule has 0 aromatic rings. The average Bonchev–Trinajstić information content (AvgIpc) is 2.74. The van der Waals surface area contributed by atoms with Gasteiger partial charge in [0.2, 0.25) is 0 Å². The van der Waals surface area contributed by atoms with Gasteiger partial charge in [0.1, 0.15) is 0 Å². The first-order chi connectivity index (χ1) is 5.95. The van der Waals surface area contributed by atoms with Gasteiger partial charge in [-0.2, -0.15) is 0 Å². The van der Waals surface area contributed by atoms with Crippen LogP contribution in [-0.2, 0) is 0 Å². The summed E-state index contributed by atoms with van der Waals surface area (Å²) in [5.74, 6) is 0. The first kappa shape index (κ1) is 8.60. The van der Waals surface area contributed by atoms with E-state index in [0.29, 0.717) is 0 Å². The molecule has 2 atom stereocenters. The molecule has 0 saturated carbocycles. The minimum absolute atomic E-state index is 0.728. The molecule has 0 aromatic heterocycles. The Labute approximate surface area is 78.2 Å². The van der Waals surface area contributed by atoms with Gasteiger partial charge in [-0.25, -0.2) is 0 Å². The summed E-state index contributed by atoms with van der Waals surface area (Å²) >= 11 is 1.96. The molecule has 2 N–H and O–H groups in total. The van der Waals surface area contributed by atoms with E-state index in [1.165, 1.54) is 25.9 Å². The van der Waals surface area contributed by atoms with Crippen LogP contribution in [0.5, 0.6) is 0 Å². The highest BCUT2D eigenvalue weighted by molar-refractivity contribution is 8.03. The number of allylic oxidation sites excluding steroid dienone is 1. The third kappa shape index (κ3) is 2.25. The van der Waals surface area contributed by atoms with Crippen LogP contribution in [-0.4, -0.2) is 30.9 Å². The summed E-state index contributed by atoms with van der Waals surface area (Å²) in [7, 11) is 0. The summed E-state index contributed by atoms with van der Waals surface area (Å²) in [5.41, 5.74) is 0. The zero-order valence-electron chi connectivity index (χ0n) is 7.25. The quantitative estimate of drug-likeness (QED) is 0.683. The molecular formula is C9H16N2S. The van der Waals surface area contributed by atoms with Gasteiger partial charge in [0, 0.05) is 24.4 Å². The lowest BCUT2D eigenvalue weighted by Gasteiger charge is -2.14. The van der Waals surface area contributed by atoms with E-state index in [0.717, 1.165) is 17.8 Å². The van der Waals surface area contributed by atoms with Crippen LogP contribution in [0.2, 0.25) is 0 Å². The van der Waals surface area contributed by atoms with Crippen LogP contribution in [0, 0.1) is 0 Å². The highest BCUT2D eigenvalue weighted by Crippen LogP contribution is 2.23. The second-order valence-corrected chi connectivity index (χ2v) is 4.67. The molecule has 0 spiro atoms. The van der Waals surface area contributed by atoms with Crippen molar-refractivity contribution in [2.75, 3.05) is 19.6 Å². The standard InChI is InChI=1S/C9H16N2S/c1-2-9(12-5-1)7-11-8-3-4-10-6-8/h1,5,8-11H,2-4,6-7H2/t8-,9?/m0/s1. The van der Waals surface area contributed by atoms with Crippen molar-refractivity contribution < 1.29 is 0 Å². The second-order valence-electron chi connectivity index (χ2n) is 3.46. The molecule has 1 fully saturated rings. The zero-order chi connectivity index (χ0) is 8.23. The van der Waals surface area contributed by atoms with Crippen molar-refractivity contribution >= 4 is 11.8 Å². The number of hydrogen-bond acceptors (Lipinski definition) is 3. The summed E-state index contributed by atoms with van der Waals surface area (Å²) in [6, 6.07) is 0.728. The van der Waals surface area contributed by atoms with E-state index < -0.39 is 0 Å². The van der Waals surface area contributed by atoms with Crippen molar-refractivity contribution in [2.45, 2.75) is 24.1 Å². The Morgan fingerprint density at radius 3 is 3.25 bits per heavy atom. The van der Waals surface area contributed by atoms with E-state index in [9.17, 15) is 0 Å². The minimum Gasteiger partial charge on any atom is -0.315 e. The van der Waals surface area contributed by atoms with Crippen LogP contribution in [0.25, 0.3) is 0 Å². The molecule has 0 aliphatic carbocycles. The maximum Gasteiger partial charge on any atom is 0.0248 e. The number of thioether (sulfide) groups is 1. The van der Waals surface area contributed by atoms with Gasteiger partial charge in [-0.15, -0.1) is 11.8 Å². The molecule has 0 aromatic carbocycles. The van der Waals surface area contributed by atoms with Gasteiger partial charge in [0.15, 0.2) is 0 Å². The van der Waals surface area contributed by atoms with Crippen LogP contribution < -0.4 is 10.6 Å². The van der Waals surface area contributed by atoms with Gasteiger partial charge < -0.3 is 10.6 Å². The van der Waals surface area contributed by atoms with Crippen molar-refractivity contribution in [2.24, 2.45) is 0 Å². The summed E-state index contributed by atoms with van der Waals surface area (Å²) < 4.78 is 0. The van der Waals surface area contributed by atoms with Gasteiger partial charge in [-0.1, -0.05) is 6.08 Å². The topological polar surface area (TPSA) is 24.1 Å². The average molecular weight is 184 g/mol. The SMILES string of the molecule is C1=CSC(CN[C@H]2CCNC2)C1. The molecule has 0 bridgehead atoms. The van der Waals surface area contributed by atoms with E-state index in [-0.39, 0.29) is 0 Å². The molecule has 1 unspecified atom stereocenters. The first-order valence-electron chi connectivity index (χ1n) is 4.70. The Morgan fingerprint density at radius 2 is 2.58 bits per heavy atom. The third-order valence-electron chi connectivity index (χ3n) is 2.46.